The fourth-order valence-electron chi connectivity index (χ4n) is 2.19. The van der Waals surface area contributed by atoms with Gasteiger partial charge in [-0.3, -0.25) is 4.98 Å². The highest BCUT2D eigenvalue weighted by molar-refractivity contribution is 6.34. The molecule has 106 valence electrons. The Hall–Kier alpha value is -2.33. The SMILES string of the molecule is COc1ccc(-c2cnc3ccnc(Cl)c3c2)cc1OC. The Balaban J connectivity index is 2.14. The molecule has 0 saturated heterocycles. The summed E-state index contributed by atoms with van der Waals surface area (Å²) in [6.07, 6.45) is 3.45. The molecule has 0 unspecified atom stereocenters. The Labute approximate surface area is 127 Å². The van der Waals surface area contributed by atoms with Crippen molar-refractivity contribution >= 4 is 22.5 Å². The lowest BCUT2D eigenvalue weighted by molar-refractivity contribution is 0.355. The number of benzene rings is 1. The minimum atomic E-state index is 0.447. The summed E-state index contributed by atoms with van der Waals surface area (Å²) in [4.78, 5) is 8.50. The number of halogens is 1. The van der Waals surface area contributed by atoms with Crippen molar-refractivity contribution in [3.8, 4) is 22.6 Å². The second kappa shape index (κ2) is 5.58. The molecule has 21 heavy (non-hydrogen) atoms. The molecule has 0 aliphatic rings. The molecule has 3 aromatic rings. The molecular formula is C16H13ClN2O2. The maximum absolute atomic E-state index is 6.13. The fraction of sp³-hybridized carbons (Fsp3) is 0.125. The second-order valence-electron chi connectivity index (χ2n) is 4.46. The molecule has 4 nitrogen and oxygen atoms in total. The second-order valence-corrected chi connectivity index (χ2v) is 4.82. The predicted octanol–water partition coefficient (Wildman–Crippen LogP) is 3.97. The first-order chi connectivity index (χ1) is 10.2. The zero-order valence-electron chi connectivity index (χ0n) is 11.6. The molecule has 1 aromatic carbocycles. The zero-order valence-corrected chi connectivity index (χ0v) is 12.4. The molecule has 0 amide bonds. The van der Waals surface area contributed by atoms with Gasteiger partial charge in [-0.25, -0.2) is 4.98 Å². The van der Waals surface area contributed by atoms with Gasteiger partial charge in [0.15, 0.2) is 11.5 Å². The van der Waals surface area contributed by atoms with E-state index in [1.54, 1.807) is 26.6 Å². The standard InChI is InChI=1S/C16H13ClN2O2/c1-20-14-4-3-10(8-15(14)21-2)11-7-12-13(19-9-11)5-6-18-16(12)17/h3-9H,1-2H3. The van der Waals surface area contributed by atoms with E-state index in [0.29, 0.717) is 16.7 Å². The van der Waals surface area contributed by atoms with E-state index in [1.807, 2.05) is 30.3 Å². The maximum atomic E-state index is 6.13. The van der Waals surface area contributed by atoms with Crippen molar-refractivity contribution in [2.24, 2.45) is 0 Å². The highest BCUT2D eigenvalue weighted by Gasteiger charge is 2.08. The highest BCUT2D eigenvalue weighted by Crippen LogP contribution is 2.33. The largest absolute Gasteiger partial charge is 0.493 e. The molecule has 0 radical (unpaired) electrons. The topological polar surface area (TPSA) is 44.2 Å². The maximum Gasteiger partial charge on any atom is 0.161 e. The van der Waals surface area contributed by atoms with Gasteiger partial charge in [0.2, 0.25) is 0 Å². The highest BCUT2D eigenvalue weighted by atomic mass is 35.5. The van der Waals surface area contributed by atoms with E-state index in [0.717, 1.165) is 22.0 Å². The first kappa shape index (κ1) is 13.6. The van der Waals surface area contributed by atoms with Crippen LogP contribution in [-0.4, -0.2) is 24.2 Å². The number of ether oxygens (including phenoxy) is 2. The van der Waals surface area contributed by atoms with Gasteiger partial charge in [0, 0.05) is 23.3 Å². The van der Waals surface area contributed by atoms with Crippen LogP contribution in [0.15, 0.2) is 42.7 Å². The Bertz CT molecular complexity index is 805. The van der Waals surface area contributed by atoms with E-state index in [9.17, 15) is 0 Å². The Kier molecular flexibility index (Phi) is 3.62. The summed E-state index contributed by atoms with van der Waals surface area (Å²) in [5.74, 6) is 1.36. The number of pyridine rings is 2. The number of methoxy groups -OCH3 is 2. The van der Waals surface area contributed by atoms with Crippen molar-refractivity contribution in [1.29, 1.82) is 0 Å². The average Bonchev–Trinajstić information content (AvgIpc) is 2.54. The van der Waals surface area contributed by atoms with E-state index in [-0.39, 0.29) is 0 Å². The van der Waals surface area contributed by atoms with Gasteiger partial charge in [0.25, 0.3) is 0 Å². The molecule has 0 spiro atoms. The van der Waals surface area contributed by atoms with E-state index in [2.05, 4.69) is 9.97 Å². The molecule has 0 aliphatic carbocycles. The molecule has 3 rings (SSSR count). The third kappa shape index (κ3) is 2.50. The Morgan fingerprint density at radius 2 is 1.71 bits per heavy atom. The third-order valence-electron chi connectivity index (χ3n) is 3.28. The minimum Gasteiger partial charge on any atom is -0.493 e. The molecule has 5 heteroatoms. The number of nitrogens with zero attached hydrogens (tertiary/aromatic N) is 2. The van der Waals surface area contributed by atoms with Crippen LogP contribution in [0.1, 0.15) is 0 Å². The van der Waals surface area contributed by atoms with Crippen LogP contribution in [0, 0.1) is 0 Å². The minimum absolute atomic E-state index is 0.447. The van der Waals surface area contributed by atoms with Gasteiger partial charge in [-0.05, 0) is 29.8 Å². The molecule has 2 aromatic heterocycles. The summed E-state index contributed by atoms with van der Waals surface area (Å²) >= 11 is 6.13. The Morgan fingerprint density at radius 3 is 2.48 bits per heavy atom. The summed E-state index contributed by atoms with van der Waals surface area (Å²) in [6, 6.07) is 9.53. The monoisotopic (exact) mass is 300 g/mol. The summed E-state index contributed by atoms with van der Waals surface area (Å²) in [5, 5.41) is 1.27. The lowest BCUT2D eigenvalue weighted by Crippen LogP contribution is -1.91. The number of hydrogen-bond acceptors (Lipinski definition) is 4. The fourth-order valence-corrected chi connectivity index (χ4v) is 2.40. The summed E-state index contributed by atoms with van der Waals surface area (Å²) in [5.41, 5.74) is 2.74. The Morgan fingerprint density at radius 1 is 0.905 bits per heavy atom. The molecule has 0 N–H and O–H groups in total. The molecule has 0 aliphatic heterocycles. The van der Waals surface area contributed by atoms with Gasteiger partial charge in [0.05, 0.1) is 19.7 Å². The molecule has 0 atom stereocenters. The van der Waals surface area contributed by atoms with E-state index < -0.39 is 0 Å². The van der Waals surface area contributed by atoms with Crippen LogP contribution in [0.3, 0.4) is 0 Å². The van der Waals surface area contributed by atoms with Gasteiger partial charge in [-0.2, -0.15) is 0 Å². The zero-order chi connectivity index (χ0) is 14.8. The normalized spacial score (nSPS) is 10.6. The first-order valence-electron chi connectivity index (χ1n) is 6.35. The molecule has 0 saturated carbocycles. The van der Waals surface area contributed by atoms with Gasteiger partial charge in [0.1, 0.15) is 5.15 Å². The molecule has 0 bridgehead atoms. The van der Waals surface area contributed by atoms with Gasteiger partial charge < -0.3 is 9.47 Å². The van der Waals surface area contributed by atoms with E-state index >= 15 is 0 Å². The number of aromatic nitrogens is 2. The van der Waals surface area contributed by atoms with Crippen LogP contribution in [0.25, 0.3) is 22.0 Å². The van der Waals surface area contributed by atoms with Gasteiger partial charge in [-0.1, -0.05) is 17.7 Å². The van der Waals surface area contributed by atoms with Crippen molar-refractivity contribution in [2.45, 2.75) is 0 Å². The lowest BCUT2D eigenvalue weighted by Gasteiger charge is -2.10. The van der Waals surface area contributed by atoms with Crippen LogP contribution < -0.4 is 9.47 Å². The van der Waals surface area contributed by atoms with Crippen LogP contribution in [-0.2, 0) is 0 Å². The quantitative estimate of drug-likeness (QED) is 0.687. The first-order valence-corrected chi connectivity index (χ1v) is 6.73. The van der Waals surface area contributed by atoms with Crippen molar-refractivity contribution in [3.05, 3.63) is 47.9 Å². The third-order valence-corrected chi connectivity index (χ3v) is 3.58. The molecular weight excluding hydrogens is 288 g/mol. The van der Waals surface area contributed by atoms with Gasteiger partial charge >= 0.3 is 0 Å². The smallest absolute Gasteiger partial charge is 0.161 e. The summed E-state index contributed by atoms with van der Waals surface area (Å²) < 4.78 is 10.6. The van der Waals surface area contributed by atoms with Crippen LogP contribution >= 0.6 is 11.6 Å². The van der Waals surface area contributed by atoms with Crippen molar-refractivity contribution in [1.82, 2.24) is 9.97 Å². The van der Waals surface area contributed by atoms with Crippen molar-refractivity contribution < 1.29 is 9.47 Å². The van der Waals surface area contributed by atoms with E-state index in [1.165, 1.54) is 0 Å². The molecule has 0 fully saturated rings. The number of fused-ring (bicyclic) bond motifs is 1. The average molecular weight is 301 g/mol. The van der Waals surface area contributed by atoms with E-state index in [4.69, 9.17) is 21.1 Å². The lowest BCUT2D eigenvalue weighted by atomic mass is 10.1. The van der Waals surface area contributed by atoms with Crippen LogP contribution in [0.4, 0.5) is 0 Å². The predicted molar refractivity (Wildman–Crippen MR) is 83.1 cm³/mol. The summed E-state index contributed by atoms with van der Waals surface area (Å²) in [7, 11) is 3.22. The van der Waals surface area contributed by atoms with Crippen molar-refractivity contribution in [3.63, 3.8) is 0 Å². The van der Waals surface area contributed by atoms with Crippen LogP contribution in [0.2, 0.25) is 5.15 Å². The van der Waals surface area contributed by atoms with Crippen molar-refractivity contribution in [2.75, 3.05) is 14.2 Å². The number of hydrogen-bond donors (Lipinski definition) is 0. The van der Waals surface area contributed by atoms with Crippen LogP contribution in [0.5, 0.6) is 11.5 Å². The number of rotatable bonds is 3. The summed E-state index contributed by atoms with van der Waals surface area (Å²) in [6.45, 7) is 0. The van der Waals surface area contributed by atoms with Gasteiger partial charge in [-0.15, -0.1) is 0 Å². The molecule has 2 heterocycles.